The van der Waals surface area contributed by atoms with E-state index in [1.807, 2.05) is 0 Å². The quantitative estimate of drug-likeness (QED) is 0.774. The predicted octanol–water partition coefficient (Wildman–Crippen LogP) is 2.86. The van der Waals surface area contributed by atoms with Crippen LogP contribution in [0.1, 0.15) is 5.56 Å². The minimum Gasteiger partial charge on any atom is -0.484 e. The number of carbonyl (C=O) groups is 1. The number of hydrogen-bond acceptors (Lipinski definition) is 4. The smallest absolute Gasteiger partial charge is 0.422 e. The highest BCUT2D eigenvalue weighted by molar-refractivity contribution is 5.77. The van der Waals surface area contributed by atoms with Crippen LogP contribution in [0.4, 0.5) is 17.6 Å². The second-order valence-corrected chi connectivity index (χ2v) is 4.89. The lowest BCUT2D eigenvalue weighted by Crippen LogP contribution is -2.29. The Bertz CT molecular complexity index is 705. The van der Waals surface area contributed by atoms with Crippen molar-refractivity contribution in [1.82, 2.24) is 10.3 Å². The highest BCUT2D eigenvalue weighted by Crippen LogP contribution is 2.19. The van der Waals surface area contributed by atoms with Crippen molar-refractivity contribution in [3.8, 4) is 11.6 Å². The molecule has 5 nitrogen and oxygen atoms in total. The third-order valence-electron chi connectivity index (χ3n) is 2.88. The molecule has 1 N–H and O–H groups in total. The van der Waals surface area contributed by atoms with E-state index in [9.17, 15) is 22.4 Å². The van der Waals surface area contributed by atoms with Crippen molar-refractivity contribution in [2.24, 2.45) is 0 Å². The Morgan fingerprint density at radius 3 is 2.52 bits per heavy atom. The number of benzene rings is 1. The van der Waals surface area contributed by atoms with Crippen molar-refractivity contribution < 1.29 is 31.8 Å². The highest BCUT2D eigenvalue weighted by Gasteiger charge is 2.29. The van der Waals surface area contributed by atoms with Gasteiger partial charge in [0.1, 0.15) is 11.6 Å². The number of rotatable bonds is 7. The lowest BCUT2D eigenvalue weighted by atomic mass is 10.2. The van der Waals surface area contributed by atoms with Gasteiger partial charge in [-0.3, -0.25) is 4.79 Å². The first-order valence-corrected chi connectivity index (χ1v) is 7.12. The van der Waals surface area contributed by atoms with Crippen LogP contribution >= 0.6 is 0 Å². The molecule has 1 aromatic carbocycles. The fraction of sp³-hybridized carbons (Fsp3) is 0.250. The number of halogens is 4. The molecule has 2 aromatic rings. The first kappa shape index (κ1) is 18.5. The van der Waals surface area contributed by atoms with E-state index in [4.69, 9.17) is 4.74 Å². The molecule has 1 heterocycles. The lowest BCUT2D eigenvalue weighted by Gasteiger charge is -2.12. The summed E-state index contributed by atoms with van der Waals surface area (Å²) in [7, 11) is 0. The predicted molar refractivity (Wildman–Crippen MR) is 79.5 cm³/mol. The molecule has 0 radical (unpaired) electrons. The van der Waals surface area contributed by atoms with Gasteiger partial charge in [0.05, 0.1) is 0 Å². The zero-order valence-corrected chi connectivity index (χ0v) is 12.8. The maximum absolute atomic E-state index is 12.7. The second kappa shape index (κ2) is 8.32. The van der Waals surface area contributed by atoms with Crippen molar-refractivity contribution in [3.05, 3.63) is 54.0 Å². The molecular formula is C16H14F4N2O3. The third kappa shape index (κ3) is 6.66. The highest BCUT2D eigenvalue weighted by atomic mass is 19.4. The molecule has 0 unspecified atom stereocenters. The third-order valence-corrected chi connectivity index (χ3v) is 2.88. The van der Waals surface area contributed by atoms with E-state index in [0.29, 0.717) is 11.3 Å². The summed E-state index contributed by atoms with van der Waals surface area (Å²) in [6.45, 7) is -1.88. The molecule has 25 heavy (non-hydrogen) atoms. The van der Waals surface area contributed by atoms with Gasteiger partial charge in [-0.25, -0.2) is 9.37 Å². The molecule has 0 saturated heterocycles. The number of amides is 1. The summed E-state index contributed by atoms with van der Waals surface area (Å²) >= 11 is 0. The van der Waals surface area contributed by atoms with E-state index >= 15 is 0 Å². The zero-order chi connectivity index (χ0) is 18.3. The van der Waals surface area contributed by atoms with Gasteiger partial charge in [-0.1, -0.05) is 6.07 Å². The molecule has 1 aromatic heterocycles. The number of ether oxygens (including phenoxy) is 2. The largest absolute Gasteiger partial charge is 0.484 e. The Kier molecular flexibility index (Phi) is 6.15. The first-order valence-electron chi connectivity index (χ1n) is 7.12. The standard InChI is InChI=1S/C16H14F4N2O3/c17-12-3-5-13(6-4-12)24-9-14(23)22-8-11-2-1-7-21-15(11)25-10-16(18,19)20/h1-7H,8-10H2,(H,22,23). The van der Waals surface area contributed by atoms with Gasteiger partial charge in [0.25, 0.3) is 5.91 Å². The van der Waals surface area contributed by atoms with Crippen molar-refractivity contribution in [3.63, 3.8) is 0 Å². The van der Waals surface area contributed by atoms with E-state index < -0.39 is 24.5 Å². The average Bonchev–Trinajstić information content (AvgIpc) is 2.57. The number of aromatic nitrogens is 1. The van der Waals surface area contributed by atoms with E-state index in [2.05, 4.69) is 15.0 Å². The lowest BCUT2D eigenvalue weighted by molar-refractivity contribution is -0.154. The Balaban J connectivity index is 1.84. The molecule has 0 saturated carbocycles. The van der Waals surface area contributed by atoms with Crippen LogP contribution in [0.3, 0.4) is 0 Å². The second-order valence-electron chi connectivity index (χ2n) is 4.89. The topological polar surface area (TPSA) is 60.5 Å². The Morgan fingerprint density at radius 2 is 1.84 bits per heavy atom. The van der Waals surface area contributed by atoms with Gasteiger partial charge < -0.3 is 14.8 Å². The first-order chi connectivity index (χ1) is 11.8. The van der Waals surface area contributed by atoms with Crippen molar-refractivity contribution >= 4 is 5.91 Å². The summed E-state index contributed by atoms with van der Waals surface area (Å²) in [5, 5.41) is 2.48. The Labute approximate surface area is 140 Å². The summed E-state index contributed by atoms with van der Waals surface area (Å²) in [5.41, 5.74) is 0.293. The fourth-order valence-corrected chi connectivity index (χ4v) is 1.76. The number of alkyl halides is 3. The molecule has 0 fully saturated rings. The molecule has 0 spiro atoms. The fourth-order valence-electron chi connectivity index (χ4n) is 1.76. The Hall–Kier alpha value is -2.84. The maximum Gasteiger partial charge on any atom is 0.422 e. The minimum atomic E-state index is -4.49. The number of nitrogens with zero attached hydrogens (tertiary/aromatic N) is 1. The van der Waals surface area contributed by atoms with Gasteiger partial charge in [0.2, 0.25) is 5.88 Å². The molecule has 134 valence electrons. The summed E-state index contributed by atoms with van der Waals surface area (Å²) in [6, 6.07) is 8.11. The van der Waals surface area contributed by atoms with Gasteiger partial charge >= 0.3 is 6.18 Å². The minimum absolute atomic E-state index is 0.0767. The SMILES string of the molecule is O=C(COc1ccc(F)cc1)NCc1cccnc1OCC(F)(F)F. The van der Waals surface area contributed by atoms with Crippen LogP contribution in [-0.2, 0) is 11.3 Å². The van der Waals surface area contributed by atoms with Gasteiger partial charge in [0, 0.05) is 18.3 Å². The molecule has 2 rings (SSSR count). The molecule has 0 aliphatic carbocycles. The van der Waals surface area contributed by atoms with Gasteiger partial charge in [-0.2, -0.15) is 13.2 Å². The average molecular weight is 358 g/mol. The number of carbonyl (C=O) groups excluding carboxylic acids is 1. The van der Waals surface area contributed by atoms with Crippen LogP contribution in [-0.4, -0.2) is 30.3 Å². The normalized spacial score (nSPS) is 11.0. The molecular weight excluding hydrogens is 344 g/mol. The molecule has 0 atom stereocenters. The van der Waals surface area contributed by atoms with Crippen LogP contribution in [0.15, 0.2) is 42.6 Å². The van der Waals surface area contributed by atoms with Crippen LogP contribution < -0.4 is 14.8 Å². The number of pyridine rings is 1. The number of nitrogens with one attached hydrogen (secondary N) is 1. The van der Waals surface area contributed by atoms with Crippen LogP contribution in [0.2, 0.25) is 0 Å². The van der Waals surface area contributed by atoms with E-state index in [-0.39, 0.29) is 19.0 Å². The van der Waals surface area contributed by atoms with E-state index in [1.54, 1.807) is 0 Å². The molecule has 9 heteroatoms. The van der Waals surface area contributed by atoms with E-state index in [1.165, 1.54) is 42.6 Å². The van der Waals surface area contributed by atoms with Gasteiger partial charge in [-0.05, 0) is 30.3 Å². The van der Waals surface area contributed by atoms with Crippen molar-refractivity contribution in [2.75, 3.05) is 13.2 Å². The number of hydrogen-bond donors (Lipinski definition) is 1. The van der Waals surface area contributed by atoms with Crippen molar-refractivity contribution in [1.29, 1.82) is 0 Å². The monoisotopic (exact) mass is 358 g/mol. The van der Waals surface area contributed by atoms with Crippen molar-refractivity contribution in [2.45, 2.75) is 12.7 Å². The zero-order valence-electron chi connectivity index (χ0n) is 12.8. The molecule has 0 aliphatic rings. The van der Waals surface area contributed by atoms with Gasteiger partial charge in [0.15, 0.2) is 13.2 Å². The van der Waals surface area contributed by atoms with E-state index in [0.717, 1.165) is 0 Å². The van der Waals surface area contributed by atoms with Crippen LogP contribution in [0.25, 0.3) is 0 Å². The summed E-state index contributed by atoms with van der Waals surface area (Å²) in [4.78, 5) is 15.5. The summed E-state index contributed by atoms with van der Waals surface area (Å²) in [5.74, 6) is -0.832. The molecule has 0 bridgehead atoms. The van der Waals surface area contributed by atoms with Crippen LogP contribution in [0, 0.1) is 5.82 Å². The van der Waals surface area contributed by atoms with Gasteiger partial charge in [-0.15, -0.1) is 0 Å². The Morgan fingerprint density at radius 1 is 1.12 bits per heavy atom. The summed E-state index contributed by atoms with van der Waals surface area (Å²) < 4.78 is 59.2. The molecule has 0 aliphatic heterocycles. The summed E-state index contributed by atoms with van der Waals surface area (Å²) in [6.07, 6.45) is -3.20. The molecule has 1 amide bonds. The maximum atomic E-state index is 12.7. The van der Waals surface area contributed by atoms with Crippen LogP contribution in [0.5, 0.6) is 11.6 Å².